The molecule has 2 fully saturated rings. The van der Waals surface area contributed by atoms with E-state index in [-0.39, 0.29) is 5.01 Å². The summed E-state index contributed by atoms with van der Waals surface area (Å²) in [5.41, 5.74) is 2.03. The van der Waals surface area contributed by atoms with Crippen LogP contribution in [0, 0.1) is 30.1 Å². The lowest BCUT2D eigenvalue weighted by Crippen LogP contribution is -2.56. The molecule has 3 aromatic rings. The van der Waals surface area contributed by atoms with Crippen LogP contribution >= 0.6 is 11.3 Å². The fourth-order valence-corrected chi connectivity index (χ4v) is 6.66. The molecule has 0 spiro atoms. The van der Waals surface area contributed by atoms with Crippen LogP contribution < -0.4 is 0 Å². The molecule has 1 saturated heterocycles. The Balaban J connectivity index is 1.50. The highest BCUT2D eigenvalue weighted by Gasteiger charge is 2.71. The van der Waals surface area contributed by atoms with Gasteiger partial charge in [-0.1, -0.05) is 43.3 Å². The Bertz CT molecular complexity index is 1280. The monoisotopic (exact) mass is 510 g/mol. The highest BCUT2D eigenvalue weighted by atomic mass is 32.1. The molecule has 5 rings (SSSR count). The van der Waals surface area contributed by atoms with Crippen molar-refractivity contribution in [1.82, 2.24) is 9.97 Å². The zero-order valence-electron chi connectivity index (χ0n) is 20.3. The summed E-state index contributed by atoms with van der Waals surface area (Å²) in [5, 5.41) is 13.1. The molecular formula is C28H28F2N2O3S. The first-order valence-corrected chi connectivity index (χ1v) is 12.9. The van der Waals surface area contributed by atoms with Crippen molar-refractivity contribution in [2.24, 2.45) is 23.2 Å². The first-order valence-electron chi connectivity index (χ1n) is 12.0. The molecule has 5 nitrogen and oxygen atoms in total. The third-order valence-corrected chi connectivity index (χ3v) is 8.69. The molecule has 1 aliphatic carbocycles. The SMILES string of the molecule is Cc1ccccc1-c1ccc(/C=C/[C@@H]2[C@@H]3[C@@H](C)OC(=O)[C@]3(C(O)c3nccs3)CC(F)(F)[C@H]2C)nc1. The number of nitrogens with zero attached hydrogens (tertiary/aromatic N) is 2. The zero-order valence-corrected chi connectivity index (χ0v) is 21.1. The summed E-state index contributed by atoms with van der Waals surface area (Å²) in [5.74, 6) is -6.38. The van der Waals surface area contributed by atoms with Crippen molar-refractivity contribution < 1.29 is 23.4 Å². The number of aromatic nitrogens is 2. The molecule has 1 aromatic carbocycles. The van der Waals surface area contributed by atoms with Gasteiger partial charge in [0.1, 0.15) is 22.6 Å². The van der Waals surface area contributed by atoms with Gasteiger partial charge in [-0.25, -0.2) is 13.8 Å². The van der Waals surface area contributed by atoms with Crippen LogP contribution in [-0.2, 0) is 9.53 Å². The Morgan fingerprint density at radius 2 is 1.97 bits per heavy atom. The Hall–Kier alpha value is -2.97. The Morgan fingerprint density at radius 3 is 2.64 bits per heavy atom. The normalized spacial score (nSPS) is 30.2. The fraction of sp³-hybridized carbons (Fsp3) is 0.393. The molecule has 1 aliphatic heterocycles. The third kappa shape index (κ3) is 3.96. The molecule has 0 bridgehead atoms. The number of hydrogen-bond acceptors (Lipinski definition) is 6. The summed E-state index contributed by atoms with van der Waals surface area (Å²) in [6, 6.07) is 11.8. The van der Waals surface area contributed by atoms with Crippen LogP contribution in [0.2, 0.25) is 0 Å². The number of aliphatic hydroxyl groups is 1. The zero-order chi connectivity index (χ0) is 25.7. The Kier molecular flexibility index (Phi) is 6.29. The van der Waals surface area contributed by atoms with Gasteiger partial charge in [0.25, 0.3) is 5.92 Å². The van der Waals surface area contributed by atoms with Gasteiger partial charge in [-0.3, -0.25) is 9.78 Å². The van der Waals surface area contributed by atoms with E-state index >= 15 is 8.78 Å². The van der Waals surface area contributed by atoms with E-state index in [4.69, 9.17) is 4.74 Å². The van der Waals surface area contributed by atoms with Crippen LogP contribution in [0.4, 0.5) is 8.78 Å². The van der Waals surface area contributed by atoms with Crippen LogP contribution in [0.5, 0.6) is 0 Å². The third-order valence-electron chi connectivity index (χ3n) is 7.86. The van der Waals surface area contributed by atoms with Crippen LogP contribution in [0.1, 0.15) is 42.6 Å². The maximum atomic E-state index is 15.5. The van der Waals surface area contributed by atoms with Gasteiger partial charge < -0.3 is 9.84 Å². The van der Waals surface area contributed by atoms with Gasteiger partial charge in [0.2, 0.25) is 0 Å². The van der Waals surface area contributed by atoms with E-state index in [0.29, 0.717) is 5.69 Å². The number of allylic oxidation sites excluding steroid dienone is 1. The number of aliphatic hydroxyl groups excluding tert-OH is 1. The second-order valence-electron chi connectivity index (χ2n) is 9.90. The number of aryl methyl sites for hydroxylation is 1. The molecular weight excluding hydrogens is 482 g/mol. The predicted octanol–water partition coefficient (Wildman–Crippen LogP) is 6.10. The molecule has 1 saturated carbocycles. The van der Waals surface area contributed by atoms with Crippen LogP contribution in [0.3, 0.4) is 0 Å². The molecule has 0 radical (unpaired) electrons. The number of halogens is 2. The molecule has 2 aliphatic rings. The van der Waals surface area contributed by atoms with E-state index < -0.39 is 53.7 Å². The average Bonchev–Trinajstić information content (AvgIpc) is 3.47. The minimum Gasteiger partial charge on any atom is -0.462 e. The summed E-state index contributed by atoms with van der Waals surface area (Å²) in [7, 11) is 0. The van der Waals surface area contributed by atoms with Gasteiger partial charge >= 0.3 is 5.97 Å². The predicted molar refractivity (Wildman–Crippen MR) is 134 cm³/mol. The number of hydrogen-bond donors (Lipinski definition) is 1. The highest BCUT2D eigenvalue weighted by molar-refractivity contribution is 7.09. The molecule has 6 atom stereocenters. The number of carbonyl (C=O) groups excluding carboxylic acids is 1. The lowest BCUT2D eigenvalue weighted by molar-refractivity contribution is -0.192. The van der Waals surface area contributed by atoms with E-state index in [9.17, 15) is 9.90 Å². The number of rotatable bonds is 5. The van der Waals surface area contributed by atoms with Crippen molar-refractivity contribution in [2.45, 2.75) is 45.3 Å². The minimum absolute atomic E-state index is 0.243. The lowest BCUT2D eigenvalue weighted by atomic mass is 9.54. The smallest absolute Gasteiger partial charge is 0.316 e. The number of cyclic esters (lactones) is 1. The van der Waals surface area contributed by atoms with E-state index in [1.807, 2.05) is 43.3 Å². The lowest BCUT2D eigenvalue weighted by Gasteiger charge is -2.49. The largest absolute Gasteiger partial charge is 0.462 e. The number of alkyl halides is 2. The number of benzene rings is 1. The number of esters is 1. The molecule has 0 amide bonds. The van der Waals surface area contributed by atoms with Gasteiger partial charge in [0.15, 0.2) is 0 Å². The molecule has 3 heterocycles. The Labute approximate surface area is 212 Å². The van der Waals surface area contributed by atoms with Crippen LogP contribution in [0.25, 0.3) is 17.2 Å². The number of ether oxygens (including phenoxy) is 1. The van der Waals surface area contributed by atoms with Gasteiger partial charge in [0, 0.05) is 41.6 Å². The maximum Gasteiger partial charge on any atom is 0.316 e. The number of pyridine rings is 1. The summed E-state index contributed by atoms with van der Waals surface area (Å²) in [4.78, 5) is 21.8. The molecule has 1 N–H and O–H groups in total. The van der Waals surface area contributed by atoms with Crippen molar-refractivity contribution >= 4 is 23.4 Å². The molecule has 1 unspecified atom stereocenters. The first kappa shape index (κ1) is 24.7. The van der Waals surface area contributed by atoms with Crippen LogP contribution in [0.15, 0.2) is 60.2 Å². The summed E-state index contributed by atoms with van der Waals surface area (Å²) < 4.78 is 36.4. The number of carbonyl (C=O) groups is 1. The Morgan fingerprint density at radius 1 is 1.19 bits per heavy atom. The van der Waals surface area contributed by atoms with Crippen molar-refractivity contribution in [2.75, 3.05) is 0 Å². The van der Waals surface area contributed by atoms with Crippen molar-refractivity contribution in [3.05, 3.63) is 76.5 Å². The van der Waals surface area contributed by atoms with E-state index in [2.05, 4.69) is 9.97 Å². The highest BCUT2D eigenvalue weighted by Crippen LogP contribution is 2.63. The molecule has 2 aromatic heterocycles. The van der Waals surface area contributed by atoms with E-state index in [1.165, 1.54) is 13.1 Å². The van der Waals surface area contributed by atoms with Gasteiger partial charge in [-0.2, -0.15) is 0 Å². The standard InChI is InChI=1S/C28H28F2N2O3S/c1-16-6-4-5-7-21(16)19-8-9-20(32-14-19)10-11-22-17(2)28(29,30)15-27(23(22)18(3)35-26(27)34)24(33)25-31-12-13-36-25/h4-14,17-18,22-24,33H,15H2,1-3H3/b11-10+/t17-,18+,22-,23-,24?,27+/m0/s1. The van der Waals surface area contributed by atoms with Gasteiger partial charge in [-0.15, -0.1) is 11.3 Å². The molecule has 188 valence electrons. The quantitative estimate of drug-likeness (QED) is 0.420. The molecule has 8 heteroatoms. The summed E-state index contributed by atoms with van der Waals surface area (Å²) >= 11 is 1.14. The van der Waals surface area contributed by atoms with E-state index in [1.54, 1.807) is 30.7 Å². The van der Waals surface area contributed by atoms with Crippen molar-refractivity contribution in [3.63, 3.8) is 0 Å². The second kappa shape index (κ2) is 9.16. The molecule has 36 heavy (non-hydrogen) atoms. The number of thiazole rings is 1. The number of fused-ring (bicyclic) bond motifs is 1. The fourth-order valence-electron chi connectivity index (χ4n) is 5.93. The summed E-state index contributed by atoms with van der Waals surface area (Å²) in [6.07, 6.45) is 3.81. The second-order valence-corrected chi connectivity index (χ2v) is 10.8. The maximum absolute atomic E-state index is 15.5. The van der Waals surface area contributed by atoms with E-state index in [0.717, 1.165) is 28.0 Å². The summed E-state index contributed by atoms with van der Waals surface area (Å²) in [6.45, 7) is 5.25. The topological polar surface area (TPSA) is 72.3 Å². The minimum atomic E-state index is -3.19. The van der Waals surface area contributed by atoms with Gasteiger partial charge in [0.05, 0.1) is 5.69 Å². The van der Waals surface area contributed by atoms with Gasteiger partial charge in [-0.05, 0) is 43.0 Å². The van der Waals surface area contributed by atoms with Crippen molar-refractivity contribution in [1.29, 1.82) is 0 Å². The average molecular weight is 511 g/mol. The van der Waals surface area contributed by atoms with Crippen molar-refractivity contribution in [3.8, 4) is 11.1 Å². The van der Waals surface area contributed by atoms with Crippen LogP contribution in [-0.4, -0.2) is 33.1 Å². The first-order chi connectivity index (χ1) is 17.1.